The average Bonchev–Trinajstić information content (AvgIpc) is 3.17. The van der Waals surface area contributed by atoms with Gasteiger partial charge in [-0.05, 0) is 23.6 Å². The maximum absolute atomic E-state index is 12.5. The number of hydrogen-bond donors (Lipinski definition) is 3. The molecular weight excluding hydrogens is 362 g/mol. The van der Waals surface area contributed by atoms with E-state index in [0.29, 0.717) is 31.8 Å². The molecule has 28 heavy (non-hydrogen) atoms. The van der Waals surface area contributed by atoms with Gasteiger partial charge in [0.05, 0.1) is 13.2 Å². The first-order valence-electron chi connectivity index (χ1n) is 9.53. The van der Waals surface area contributed by atoms with Crippen LogP contribution in [-0.2, 0) is 20.9 Å². The van der Waals surface area contributed by atoms with Crippen molar-refractivity contribution in [2.24, 2.45) is 17.3 Å². The highest BCUT2D eigenvalue weighted by Crippen LogP contribution is 2.41. The van der Waals surface area contributed by atoms with Crippen molar-refractivity contribution in [1.29, 1.82) is 0 Å². The van der Waals surface area contributed by atoms with Crippen LogP contribution in [-0.4, -0.2) is 54.2 Å². The minimum atomic E-state index is -0.988. The van der Waals surface area contributed by atoms with Gasteiger partial charge < -0.3 is 25.4 Å². The monoisotopic (exact) mass is 389 g/mol. The van der Waals surface area contributed by atoms with Gasteiger partial charge in [0, 0.05) is 37.7 Å². The summed E-state index contributed by atoms with van der Waals surface area (Å²) in [7, 11) is 0. The Morgan fingerprint density at radius 2 is 2.14 bits per heavy atom. The fourth-order valence-electron chi connectivity index (χ4n) is 3.82. The summed E-state index contributed by atoms with van der Waals surface area (Å²) in [6, 6.07) is 7.03. The van der Waals surface area contributed by atoms with Gasteiger partial charge >= 0.3 is 12.0 Å². The van der Waals surface area contributed by atoms with Crippen molar-refractivity contribution >= 4 is 23.6 Å². The molecule has 8 heteroatoms. The maximum Gasteiger partial charge on any atom is 0.317 e. The van der Waals surface area contributed by atoms with Crippen molar-refractivity contribution in [3.8, 4) is 0 Å². The molecule has 0 saturated carbocycles. The van der Waals surface area contributed by atoms with Gasteiger partial charge in [-0.3, -0.25) is 9.59 Å². The van der Waals surface area contributed by atoms with E-state index in [2.05, 4.69) is 10.6 Å². The summed E-state index contributed by atoms with van der Waals surface area (Å²) in [6.45, 7) is 5.32. The van der Waals surface area contributed by atoms with Gasteiger partial charge in [-0.25, -0.2) is 4.79 Å². The molecule has 3 N–H and O–H groups in total. The van der Waals surface area contributed by atoms with Gasteiger partial charge in [-0.15, -0.1) is 0 Å². The normalized spacial score (nSPS) is 23.5. The largest absolute Gasteiger partial charge is 0.481 e. The lowest BCUT2D eigenvalue weighted by Gasteiger charge is -2.22. The number of amides is 3. The zero-order valence-corrected chi connectivity index (χ0v) is 16.2. The average molecular weight is 389 g/mol. The number of hydrogen-bond acceptors (Lipinski definition) is 4. The molecule has 2 fully saturated rings. The molecular formula is C20H27N3O5. The first-order chi connectivity index (χ1) is 13.3. The number of benzene rings is 1. The van der Waals surface area contributed by atoms with Crippen LogP contribution in [0.1, 0.15) is 25.8 Å². The Morgan fingerprint density at radius 1 is 1.36 bits per heavy atom. The van der Waals surface area contributed by atoms with Crippen LogP contribution in [0.2, 0.25) is 0 Å². The SMILES string of the molecule is CC(C)CC(=O)Nc1cccc(CNC(=O)N2C[C@@H]3COC[C@]3(C(=O)O)C2)c1. The molecule has 0 aromatic heterocycles. The van der Waals surface area contributed by atoms with E-state index < -0.39 is 11.4 Å². The zero-order valence-electron chi connectivity index (χ0n) is 16.2. The van der Waals surface area contributed by atoms with Gasteiger partial charge in [-0.2, -0.15) is 0 Å². The molecule has 3 rings (SSSR count). The van der Waals surface area contributed by atoms with Crippen molar-refractivity contribution < 1.29 is 24.2 Å². The molecule has 2 heterocycles. The molecule has 2 aliphatic rings. The molecule has 1 aromatic rings. The van der Waals surface area contributed by atoms with Crippen LogP contribution in [0.25, 0.3) is 0 Å². The maximum atomic E-state index is 12.5. The molecule has 2 aliphatic heterocycles. The van der Waals surface area contributed by atoms with Gasteiger partial charge in [0.2, 0.25) is 5.91 Å². The van der Waals surface area contributed by atoms with Crippen molar-refractivity contribution in [3.05, 3.63) is 29.8 Å². The topological polar surface area (TPSA) is 108 Å². The number of carboxylic acid groups (broad SMARTS) is 1. The van der Waals surface area contributed by atoms with Gasteiger partial charge in [-0.1, -0.05) is 26.0 Å². The van der Waals surface area contributed by atoms with Crippen LogP contribution in [0, 0.1) is 17.3 Å². The smallest absolute Gasteiger partial charge is 0.317 e. The van der Waals surface area contributed by atoms with Crippen LogP contribution in [0.15, 0.2) is 24.3 Å². The highest BCUT2D eigenvalue weighted by Gasteiger charge is 2.57. The minimum absolute atomic E-state index is 0.0408. The second-order valence-electron chi connectivity index (χ2n) is 8.06. The fraction of sp³-hybridized carbons (Fsp3) is 0.550. The van der Waals surface area contributed by atoms with E-state index in [1.54, 1.807) is 4.90 Å². The Labute approximate surface area is 164 Å². The van der Waals surface area contributed by atoms with Crippen molar-refractivity contribution in [2.75, 3.05) is 31.6 Å². The van der Waals surface area contributed by atoms with Crippen molar-refractivity contribution in [2.45, 2.75) is 26.8 Å². The van der Waals surface area contributed by atoms with E-state index in [-0.39, 0.29) is 36.9 Å². The Balaban J connectivity index is 1.55. The number of anilines is 1. The van der Waals surface area contributed by atoms with E-state index >= 15 is 0 Å². The molecule has 2 saturated heterocycles. The first kappa shape index (κ1) is 20.1. The van der Waals surface area contributed by atoms with Crippen molar-refractivity contribution in [1.82, 2.24) is 10.2 Å². The molecule has 2 atom stereocenters. The number of aliphatic carboxylic acids is 1. The second kappa shape index (κ2) is 8.18. The van der Waals surface area contributed by atoms with Crippen LogP contribution >= 0.6 is 0 Å². The highest BCUT2D eigenvalue weighted by atomic mass is 16.5. The number of nitrogens with one attached hydrogen (secondary N) is 2. The third-order valence-corrected chi connectivity index (χ3v) is 5.34. The third-order valence-electron chi connectivity index (χ3n) is 5.34. The molecule has 152 valence electrons. The quantitative estimate of drug-likeness (QED) is 0.689. The fourth-order valence-corrected chi connectivity index (χ4v) is 3.82. The van der Waals surface area contributed by atoms with Crippen LogP contribution in [0.3, 0.4) is 0 Å². The lowest BCUT2D eigenvalue weighted by molar-refractivity contribution is -0.149. The molecule has 8 nitrogen and oxygen atoms in total. The van der Waals surface area contributed by atoms with Crippen LogP contribution in [0.4, 0.5) is 10.5 Å². The van der Waals surface area contributed by atoms with Crippen LogP contribution in [0.5, 0.6) is 0 Å². The van der Waals surface area contributed by atoms with E-state index in [0.717, 1.165) is 5.56 Å². The highest BCUT2D eigenvalue weighted by molar-refractivity contribution is 5.90. The van der Waals surface area contributed by atoms with Gasteiger partial charge in [0.25, 0.3) is 0 Å². The molecule has 0 aliphatic carbocycles. The van der Waals surface area contributed by atoms with E-state index in [4.69, 9.17) is 4.74 Å². The summed E-state index contributed by atoms with van der Waals surface area (Å²) >= 11 is 0. The molecule has 0 spiro atoms. The Bertz CT molecular complexity index is 766. The summed E-state index contributed by atoms with van der Waals surface area (Å²) in [6.07, 6.45) is 0.451. The van der Waals surface area contributed by atoms with E-state index in [1.807, 2.05) is 38.1 Å². The predicted octanol–water partition coefficient (Wildman–Crippen LogP) is 1.91. The van der Waals surface area contributed by atoms with E-state index in [1.165, 1.54) is 0 Å². The predicted molar refractivity (Wildman–Crippen MR) is 103 cm³/mol. The van der Waals surface area contributed by atoms with E-state index in [9.17, 15) is 19.5 Å². The summed E-state index contributed by atoms with van der Waals surface area (Å²) in [5, 5.41) is 15.3. The third kappa shape index (κ3) is 4.27. The lowest BCUT2D eigenvalue weighted by atomic mass is 9.81. The molecule has 1 aromatic carbocycles. The van der Waals surface area contributed by atoms with Crippen LogP contribution < -0.4 is 10.6 Å². The summed E-state index contributed by atoms with van der Waals surface area (Å²) in [4.78, 5) is 37.6. The molecule has 0 bridgehead atoms. The number of carboxylic acids is 1. The van der Waals surface area contributed by atoms with Gasteiger partial charge in [0.1, 0.15) is 5.41 Å². The number of ether oxygens (including phenoxy) is 1. The summed E-state index contributed by atoms with van der Waals surface area (Å²) in [5.74, 6) is -0.840. The molecule has 0 unspecified atom stereocenters. The zero-order chi connectivity index (χ0) is 20.3. The Kier molecular flexibility index (Phi) is 5.88. The lowest BCUT2D eigenvalue weighted by Crippen LogP contribution is -2.42. The first-order valence-corrected chi connectivity index (χ1v) is 9.53. The molecule has 3 amide bonds. The Hall–Kier alpha value is -2.61. The standard InChI is InChI=1S/C20H27N3O5/c1-13(2)6-17(24)22-16-5-3-4-14(7-16)8-21-19(27)23-9-15-10-28-12-20(15,11-23)18(25)26/h3-5,7,13,15H,6,8-12H2,1-2H3,(H,21,27)(H,22,24)(H,25,26)/t15-,20-/m1/s1. The number of likely N-dealkylation sites (tertiary alicyclic amines) is 1. The minimum Gasteiger partial charge on any atom is -0.481 e. The van der Waals surface area contributed by atoms with Gasteiger partial charge in [0.15, 0.2) is 0 Å². The number of carbonyl (C=O) groups excluding carboxylic acids is 2. The van der Waals surface area contributed by atoms with Crippen molar-refractivity contribution in [3.63, 3.8) is 0 Å². The number of nitrogens with zero attached hydrogens (tertiary/aromatic N) is 1. The molecule has 0 radical (unpaired) electrons. The summed E-state index contributed by atoms with van der Waals surface area (Å²) < 4.78 is 5.33. The summed E-state index contributed by atoms with van der Waals surface area (Å²) in [5.41, 5.74) is 0.555. The number of urea groups is 1. The second-order valence-corrected chi connectivity index (χ2v) is 8.06. The number of carbonyl (C=O) groups is 3. The number of fused-ring (bicyclic) bond motifs is 1. The Morgan fingerprint density at radius 3 is 2.82 bits per heavy atom. The number of rotatable bonds is 6.